The molecular formula is C25H21N5. The summed E-state index contributed by atoms with van der Waals surface area (Å²) in [5.41, 5.74) is 8.38. The lowest BCUT2D eigenvalue weighted by molar-refractivity contribution is 0.879. The maximum atomic E-state index is 4.66. The zero-order valence-electron chi connectivity index (χ0n) is 16.9. The van der Waals surface area contributed by atoms with E-state index in [1.54, 1.807) is 0 Å². The molecule has 0 saturated heterocycles. The maximum Gasteiger partial charge on any atom is 0.0813 e. The van der Waals surface area contributed by atoms with Gasteiger partial charge >= 0.3 is 0 Å². The number of pyridine rings is 1. The van der Waals surface area contributed by atoms with Crippen LogP contribution in [0.5, 0.6) is 0 Å². The number of aromatic nitrogens is 5. The summed E-state index contributed by atoms with van der Waals surface area (Å²) in [5.74, 6) is 0. The number of benzene rings is 2. The van der Waals surface area contributed by atoms with Gasteiger partial charge < -0.3 is 0 Å². The van der Waals surface area contributed by atoms with Gasteiger partial charge in [0.15, 0.2) is 0 Å². The van der Waals surface area contributed by atoms with Crippen LogP contribution in [0.15, 0.2) is 91.6 Å². The summed E-state index contributed by atoms with van der Waals surface area (Å²) in [6.07, 6.45) is 9.62. The van der Waals surface area contributed by atoms with Gasteiger partial charge in [-0.2, -0.15) is 10.2 Å². The van der Waals surface area contributed by atoms with E-state index in [1.807, 2.05) is 58.5 Å². The molecule has 146 valence electrons. The first-order valence-electron chi connectivity index (χ1n) is 9.86. The molecule has 0 atom stereocenters. The summed E-state index contributed by atoms with van der Waals surface area (Å²) in [4.78, 5) is 4.66. The van der Waals surface area contributed by atoms with Crippen LogP contribution in [-0.2, 0) is 0 Å². The zero-order valence-corrected chi connectivity index (χ0v) is 16.9. The van der Waals surface area contributed by atoms with E-state index in [2.05, 4.69) is 71.5 Å². The number of hydrogen-bond acceptors (Lipinski definition) is 3. The molecule has 0 aliphatic rings. The van der Waals surface area contributed by atoms with Crippen LogP contribution >= 0.6 is 0 Å². The predicted molar refractivity (Wildman–Crippen MR) is 119 cm³/mol. The summed E-state index contributed by atoms with van der Waals surface area (Å²) >= 11 is 0. The van der Waals surface area contributed by atoms with E-state index in [0.717, 1.165) is 33.8 Å². The van der Waals surface area contributed by atoms with E-state index in [9.17, 15) is 0 Å². The van der Waals surface area contributed by atoms with Gasteiger partial charge in [-0.25, -0.2) is 9.36 Å². The summed E-state index contributed by atoms with van der Waals surface area (Å²) in [6.45, 7) is 4.16. The van der Waals surface area contributed by atoms with Gasteiger partial charge in [-0.3, -0.25) is 4.98 Å². The first-order chi connectivity index (χ1) is 14.7. The molecule has 0 N–H and O–H groups in total. The van der Waals surface area contributed by atoms with Crippen molar-refractivity contribution in [3.63, 3.8) is 0 Å². The standard InChI is InChI=1S/C25H21N5/c1-18-6-3-8-22(12-18)29-16-20(14-27-29)24-10-5-11-26-25(24)21-15-28-30(17-21)23-9-4-7-19(2)13-23/h3-17H,1-2H3. The molecule has 0 spiro atoms. The largest absolute Gasteiger partial charge is 0.255 e. The van der Waals surface area contributed by atoms with Crippen molar-refractivity contribution in [2.45, 2.75) is 13.8 Å². The second-order valence-corrected chi connectivity index (χ2v) is 7.42. The fourth-order valence-electron chi connectivity index (χ4n) is 3.60. The van der Waals surface area contributed by atoms with Crippen molar-refractivity contribution in [2.24, 2.45) is 0 Å². The van der Waals surface area contributed by atoms with E-state index in [4.69, 9.17) is 0 Å². The molecule has 5 nitrogen and oxygen atoms in total. The zero-order chi connectivity index (χ0) is 20.5. The fourth-order valence-corrected chi connectivity index (χ4v) is 3.60. The van der Waals surface area contributed by atoms with Crippen molar-refractivity contribution in [1.29, 1.82) is 0 Å². The molecule has 2 aromatic carbocycles. The summed E-state index contributed by atoms with van der Waals surface area (Å²) in [5, 5.41) is 9.13. The molecule has 0 fully saturated rings. The number of nitrogens with zero attached hydrogens (tertiary/aromatic N) is 5. The third-order valence-corrected chi connectivity index (χ3v) is 5.09. The fraction of sp³-hybridized carbons (Fsp3) is 0.0800. The Morgan fingerprint density at radius 3 is 1.90 bits per heavy atom. The van der Waals surface area contributed by atoms with Gasteiger partial charge in [0, 0.05) is 35.3 Å². The van der Waals surface area contributed by atoms with E-state index >= 15 is 0 Å². The highest BCUT2D eigenvalue weighted by Crippen LogP contribution is 2.30. The second kappa shape index (κ2) is 7.44. The second-order valence-electron chi connectivity index (χ2n) is 7.42. The minimum atomic E-state index is 0.889. The highest BCUT2D eigenvalue weighted by molar-refractivity contribution is 5.79. The molecule has 3 aromatic heterocycles. The maximum absolute atomic E-state index is 4.66. The molecule has 5 heteroatoms. The highest BCUT2D eigenvalue weighted by atomic mass is 15.3. The molecule has 0 amide bonds. The predicted octanol–water partition coefficient (Wildman–Crippen LogP) is 5.40. The van der Waals surface area contributed by atoms with Crippen LogP contribution in [0.3, 0.4) is 0 Å². The molecule has 0 saturated carbocycles. The smallest absolute Gasteiger partial charge is 0.0813 e. The van der Waals surface area contributed by atoms with Crippen LogP contribution in [0.4, 0.5) is 0 Å². The van der Waals surface area contributed by atoms with Gasteiger partial charge in [0.2, 0.25) is 0 Å². The minimum Gasteiger partial charge on any atom is -0.255 e. The van der Waals surface area contributed by atoms with Gasteiger partial charge in [-0.15, -0.1) is 0 Å². The molecule has 30 heavy (non-hydrogen) atoms. The molecular weight excluding hydrogens is 370 g/mol. The summed E-state index contributed by atoms with van der Waals surface area (Å²) < 4.78 is 3.78. The molecule has 3 heterocycles. The van der Waals surface area contributed by atoms with Crippen molar-refractivity contribution in [2.75, 3.05) is 0 Å². The molecule has 0 bridgehead atoms. The Labute approximate surface area is 175 Å². The van der Waals surface area contributed by atoms with E-state index in [1.165, 1.54) is 11.1 Å². The van der Waals surface area contributed by atoms with Gasteiger partial charge in [0.05, 0.1) is 29.5 Å². The SMILES string of the molecule is Cc1cccc(-n2cc(-c3cccnc3-c3cnn(-c4cccc(C)c4)c3)cn2)c1. The Morgan fingerprint density at radius 1 is 0.667 bits per heavy atom. The third kappa shape index (κ3) is 3.42. The van der Waals surface area contributed by atoms with Crippen molar-refractivity contribution < 1.29 is 0 Å². The van der Waals surface area contributed by atoms with Crippen LogP contribution in [0.25, 0.3) is 33.8 Å². The summed E-state index contributed by atoms with van der Waals surface area (Å²) in [7, 11) is 0. The number of hydrogen-bond donors (Lipinski definition) is 0. The van der Waals surface area contributed by atoms with Crippen molar-refractivity contribution in [3.05, 3.63) is 103 Å². The third-order valence-electron chi connectivity index (χ3n) is 5.09. The van der Waals surface area contributed by atoms with Crippen LogP contribution in [0.1, 0.15) is 11.1 Å². The lowest BCUT2D eigenvalue weighted by Gasteiger charge is -2.05. The Hall–Kier alpha value is -3.99. The molecule has 0 radical (unpaired) electrons. The number of rotatable bonds is 4. The van der Waals surface area contributed by atoms with Gasteiger partial charge in [-0.1, -0.05) is 30.3 Å². The molecule has 5 rings (SSSR count). The van der Waals surface area contributed by atoms with Crippen molar-refractivity contribution >= 4 is 0 Å². The van der Waals surface area contributed by atoms with Crippen LogP contribution in [0, 0.1) is 13.8 Å². The Morgan fingerprint density at radius 2 is 1.27 bits per heavy atom. The Kier molecular flexibility index (Phi) is 4.48. The lowest BCUT2D eigenvalue weighted by atomic mass is 10.0. The topological polar surface area (TPSA) is 48.5 Å². The molecule has 5 aromatic rings. The first kappa shape index (κ1) is 18.1. The molecule has 0 aliphatic heterocycles. The molecule has 0 unspecified atom stereocenters. The Bertz CT molecular complexity index is 1230. The van der Waals surface area contributed by atoms with Crippen LogP contribution < -0.4 is 0 Å². The van der Waals surface area contributed by atoms with E-state index in [0.29, 0.717) is 0 Å². The van der Waals surface area contributed by atoms with Gasteiger partial charge in [-0.05, 0) is 55.3 Å². The number of aryl methyl sites for hydroxylation is 2. The highest BCUT2D eigenvalue weighted by Gasteiger charge is 2.13. The average Bonchev–Trinajstić information content (AvgIpc) is 3.44. The minimum absolute atomic E-state index is 0.889. The van der Waals surface area contributed by atoms with Crippen molar-refractivity contribution in [1.82, 2.24) is 24.5 Å². The summed E-state index contributed by atoms with van der Waals surface area (Å²) in [6, 6.07) is 20.6. The quantitative estimate of drug-likeness (QED) is 0.412. The van der Waals surface area contributed by atoms with E-state index < -0.39 is 0 Å². The van der Waals surface area contributed by atoms with Crippen molar-refractivity contribution in [3.8, 4) is 33.8 Å². The molecule has 0 aliphatic carbocycles. The van der Waals surface area contributed by atoms with E-state index in [-0.39, 0.29) is 0 Å². The average molecular weight is 391 g/mol. The first-order valence-corrected chi connectivity index (χ1v) is 9.86. The normalized spacial score (nSPS) is 11.0. The van der Waals surface area contributed by atoms with Gasteiger partial charge in [0.25, 0.3) is 0 Å². The van der Waals surface area contributed by atoms with Crippen LogP contribution in [-0.4, -0.2) is 24.5 Å². The van der Waals surface area contributed by atoms with Gasteiger partial charge in [0.1, 0.15) is 0 Å². The van der Waals surface area contributed by atoms with Crippen LogP contribution in [0.2, 0.25) is 0 Å². The monoisotopic (exact) mass is 391 g/mol. The lowest BCUT2D eigenvalue weighted by Crippen LogP contribution is -1.94. The Balaban J connectivity index is 1.53.